The van der Waals surface area contributed by atoms with Crippen LogP contribution in [0.4, 0.5) is 0 Å². The molecule has 5 heteroatoms. The van der Waals surface area contributed by atoms with Gasteiger partial charge in [0.15, 0.2) is 0 Å². The lowest BCUT2D eigenvalue weighted by atomic mass is 9.96. The summed E-state index contributed by atoms with van der Waals surface area (Å²) < 4.78 is 5.76. The van der Waals surface area contributed by atoms with Crippen molar-refractivity contribution in [3.63, 3.8) is 0 Å². The van der Waals surface area contributed by atoms with Crippen LogP contribution in [-0.4, -0.2) is 41.2 Å². The van der Waals surface area contributed by atoms with E-state index in [0.717, 1.165) is 12.8 Å². The minimum atomic E-state index is -0.940. The molecule has 1 fully saturated rings. The Kier molecular flexibility index (Phi) is 4.79. The largest absolute Gasteiger partial charge is 0.490 e. The zero-order chi connectivity index (χ0) is 15.6. The molecule has 0 heterocycles. The average Bonchev–Trinajstić information content (AvgIpc) is 2.31. The van der Waals surface area contributed by atoms with E-state index in [0.29, 0.717) is 16.3 Å². The summed E-state index contributed by atoms with van der Waals surface area (Å²) in [5.41, 5.74) is -0.520. The lowest BCUT2D eigenvalue weighted by molar-refractivity contribution is 0.0368. The number of carbonyl (C=O) groups excluding carboxylic acids is 1. The fraction of sp³-hybridized carbons (Fsp3) is 0.562. The number of hydrogen-bond acceptors (Lipinski definition) is 3. The van der Waals surface area contributed by atoms with Gasteiger partial charge in [-0.1, -0.05) is 11.6 Å². The topological polar surface area (TPSA) is 49.8 Å². The van der Waals surface area contributed by atoms with E-state index in [-0.39, 0.29) is 18.6 Å². The molecular formula is C16H22ClNO3. The first kappa shape index (κ1) is 16.1. The van der Waals surface area contributed by atoms with E-state index in [2.05, 4.69) is 0 Å². The van der Waals surface area contributed by atoms with Crippen LogP contribution in [0.15, 0.2) is 18.2 Å². The summed E-state index contributed by atoms with van der Waals surface area (Å²) >= 11 is 6.19. The molecule has 1 aliphatic rings. The maximum absolute atomic E-state index is 12.3. The molecule has 1 saturated carbocycles. The normalized spacial score (nSPS) is 15.5. The van der Waals surface area contributed by atoms with Crippen LogP contribution < -0.4 is 4.74 Å². The Morgan fingerprint density at radius 3 is 2.62 bits per heavy atom. The molecule has 1 N–H and O–H groups in total. The molecule has 0 atom stereocenters. The minimum Gasteiger partial charge on any atom is -0.490 e. The first-order valence-corrected chi connectivity index (χ1v) is 7.58. The van der Waals surface area contributed by atoms with Crippen molar-refractivity contribution in [2.45, 2.75) is 44.8 Å². The Balaban J connectivity index is 2.06. The molecule has 0 bridgehead atoms. The van der Waals surface area contributed by atoms with Gasteiger partial charge < -0.3 is 14.7 Å². The third-order valence-corrected chi connectivity index (χ3v) is 3.81. The first-order valence-electron chi connectivity index (χ1n) is 7.20. The molecule has 0 radical (unpaired) electrons. The average molecular weight is 312 g/mol. The van der Waals surface area contributed by atoms with Gasteiger partial charge in [0.05, 0.1) is 22.3 Å². The van der Waals surface area contributed by atoms with E-state index >= 15 is 0 Å². The maximum atomic E-state index is 12.3. The molecule has 1 aromatic rings. The summed E-state index contributed by atoms with van der Waals surface area (Å²) in [7, 11) is 1.65. The molecule has 0 aromatic heterocycles. The summed E-state index contributed by atoms with van der Waals surface area (Å²) in [5, 5.41) is 10.2. The van der Waals surface area contributed by atoms with Gasteiger partial charge in [0, 0.05) is 13.6 Å². The predicted molar refractivity (Wildman–Crippen MR) is 83.0 cm³/mol. The van der Waals surface area contributed by atoms with Gasteiger partial charge in [0.2, 0.25) is 0 Å². The zero-order valence-electron chi connectivity index (χ0n) is 12.7. The van der Waals surface area contributed by atoms with Crippen LogP contribution in [0, 0.1) is 0 Å². The monoisotopic (exact) mass is 311 g/mol. The van der Waals surface area contributed by atoms with Gasteiger partial charge >= 0.3 is 0 Å². The van der Waals surface area contributed by atoms with Crippen molar-refractivity contribution in [1.82, 2.24) is 4.90 Å². The van der Waals surface area contributed by atoms with E-state index in [4.69, 9.17) is 16.3 Å². The fourth-order valence-corrected chi connectivity index (χ4v) is 2.53. The smallest absolute Gasteiger partial charge is 0.255 e. The van der Waals surface area contributed by atoms with Crippen molar-refractivity contribution < 1.29 is 14.6 Å². The van der Waals surface area contributed by atoms with Crippen LogP contribution in [0.3, 0.4) is 0 Å². The van der Waals surface area contributed by atoms with Crippen LogP contribution >= 0.6 is 11.6 Å². The second kappa shape index (κ2) is 6.24. The van der Waals surface area contributed by atoms with E-state index < -0.39 is 5.60 Å². The first-order chi connectivity index (χ1) is 9.76. The van der Waals surface area contributed by atoms with Gasteiger partial charge in [-0.25, -0.2) is 0 Å². The molecule has 0 spiro atoms. The second-order valence-corrected chi connectivity index (χ2v) is 6.69. The molecule has 1 aliphatic carbocycles. The fourth-order valence-electron chi connectivity index (χ4n) is 2.28. The molecule has 4 nitrogen and oxygen atoms in total. The Morgan fingerprint density at radius 1 is 1.48 bits per heavy atom. The van der Waals surface area contributed by atoms with Crippen LogP contribution in [0.5, 0.6) is 5.75 Å². The highest BCUT2D eigenvalue weighted by atomic mass is 35.5. The molecule has 2 rings (SSSR count). The Hall–Kier alpha value is -1.26. The molecule has 1 aromatic carbocycles. The summed E-state index contributed by atoms with van der Waals surface area (Å²) in [6.45, 7) is 3.56. The van der Waals surface area contributed by atoms with E-state index in [1.54, 1.807) is 39.1 Å². The quantitative estimate of drug-likeness (QED) is 0.909. The van der Waals surface area contributed by atoms with Gasteiger partial charge in [-0.05, 0) is 51.3 Å². The maximum Gasteiger partial charge on any atom is 0.255 e. The highest BCUT2D eigenvalue weighted by Gasteiger charge is 2.23. The molecular weight excluding hydrogens is 290 g/mol. The molecule has 21 heavy (non-hydrogen) atoms. The number of benzene rings is 1. The molecule has 0 saturated heterocycles. The highest BCUT2D eigenvalue weighted by Crippen LogP contribution is 2.29. The van der Waals surface area contributed by atoms with Gasteiger partial charge in [0.1, 0.15) is 5.75 Å². The lowest BCUT2D eigenvalue weighted by Gasteiger charge is -2.27. The van der Waals surface area contributed by atoms with Gasteiger partial charge in [-0.3, -0.25) is 4.79 Å². The summed E-state index contributed by atoms with van der Waals surface area (Å²) in [5.74, 6) is 0.490. The number of rotatable bonds is 5. The van der Waals surface area contributed by atoms with Crippen LogP contribution in [0.1, 0.15) is 43.5 Å². The van der Waals surface area contributed by atoms with Crippen molar-refractivity contribution in [3.8, 4) is 5.75 Å². The van der Waals surface area contributed by atoms with Crippen molar-refractivity contribution in [2.75, 3.05) is 13.6 Å². The number of hydrogen-bond donors (Lipinski definition) is 1. The highest BCUT2D eigenvalue weighted by molar-refractivity contribution is 6.34. The Morgan fingerprint density at radius 2 is 2.14 bits per heavy atom. The Bertz CT molecular complexity index is 521. The molecule has 0 aliphatic heterocycles. The van der Waals surface area contributed by atoms with Crippen molar-refractivity contribution in [1.29, 1.82) is 0 Å². The molecule has 0 unspecified atom stereocenters. The number of ether oxygens (including phenoxy) is 1. The number of aliphatic hydroxyl groups is 1. The van der Waals surface area contributed by atoms with E-state index in [1.165, 1.54) is 11.3 Å². The standard InChI is InChI=1S/C16H22ClNO3/c1-16(2,20)10-18(3)15(19)13-8-7-12(9-14(13)17)21-11-5-4-6-11/h7-9,11,20H,4-6,10H2,1-3H3. The number of carbonyl (C=O) groups is 1. The van der Waals surface area contributed by atoms with Crippen molar-refractivity contribution in [2.24, 2.45) is 0 Å². The van der Waals surface area contributed by atoms with Crippen molar-refractivity contribution in [3.05, 3.63) is 28.8 Å². The van der Waals surface area contributed by atoms with Crippen LogP contribution in [-0.2, 0) is 0 Å². The third-order valence-electron chi connectivity index (χ3n) is 3.50. The van der Waals surface area contributed by atoms with Gasteiger partial charge in [-0.15, -0.1) is 0 Å². The number of halogens is 1. The van der Waals surface area contributed by atoms with E-state index in [1.807, 2.05) is 0 Å². The van der Waals surface area contributed by atoms with Crippen LogP contribution in [0.25, 0.3) is 0 Å². The second-order valence-electron chi connectivity index (χ2n) is 6.29. The minimum absolute atomic E-state index is 0.211. The SMILES string of the molecule is CN(CC(C)(C)O)C(=O)c1ccc(OC2CCC2)cc1Cl. The number of amides is 1. The van der Waals surface area contributed by atoms with E-state index in [9.17, 15) is 9.90 Å². The summed E-state index contributed by atoms with van der Waals surface area (Å²) in [6.07, 6.45) is 3.64. The number of nitrogens with zero attached hydrogens (tertiary/aromatic N) is 1. The zero-order valence-corrected chi connectivity index (χ0v) is 13.5. The van der Waals surface area contributed by atoms with Gasteiger partial charge in [0.25, 0.3) is 5.91 Å². The van der Waals surface area contributed by atoms with Crippen molar-refractivity contribution >= 4 is 17.5 Å². The Labute approximate surface area is 130 Å². The van der Waals surface area contributed by atoms with Crippen LogP contribution in [0.2, 0.25) is 5.02 Å². The third kappa shape index (κ3) is 4.35. The predicted octanol–water partition coefficient (Wildman–Crippen LogP) is 3.11. The summed E-state index contributed by atoms with van der Waals surface area (Å²) in [6, 6.07) is 5.14. The van der Waals surface area contributed by atoms with Gasteiger partial charge in [-0.2, -0.15) is 0 Å². The molecule has 1 amide bonds. The summed E-state index contributed by atoms with van der Waals surface area (Å²) in [4.78, 5) is 13.8. The number of likely N-dealkylation sites (N-methyl/N-ethyl adjacent to an activating group) is 1. The molecule has 116 valence electrons. The lowest BCUT2D eigenvalue weighted by Crippen LogP contribution is -2.39.